The minimum Gasteiger partial charge on any atom is -0.352 e. The van der Waals surface area contributed by atoms with Crippen molar-refractivity contribution in [3.05, 3.63) is 56.8 Å². The molecule has 0 unspecified atom stereocenters. The fraction of sp³-hybridized carbons (Fsp3) is 0.421. The largest absolute Gasteiger partial charge is 0.352 e. The number of hydrogen-bond donors (Lipinski definition) is 1. The van der Waals surface area contributed by atoms with E-state index < -0.39 is 0 Å². The van der Waals surface area contributed by atoms with Gasteiger partial charge >= 0.3 is 0 Å². The third-order valence-electron chi connectivity index (χ3n) is 4.38. The zero-order valence-corrected chi connectivity index (χ0v) is 14.0. The van der Waals surface area contributed by atoms with Crippen molar-refractivity contribution in [2.45, 2.75) is 45.4 Å². The third-order valence-corrected chi connectivity index (χ3v) is 5.46. The summed E-state index contributed by atoms with van der Waals surface area (Å²) in [5.74, 6) is 0.103. The van der Waals surface area contributed by atoms with Gasteiger partial charge in [-0.1, -0.05) is 36.2 Å². The first-order chi connectivity index (χ1) is 10.7. The molecule has 1 aliphatic rings. The lowest BCUT2D eigenvalue weighted by molar-refractivity contribution is 0.0953. The minimum atomic E-state index is 0.103. The van der Waals surface area contributed by atoms with Gasteiger partial charge in [-0.3, -0.25) is 4.79 Å². The molecule has 0 bridgehead atoms. The van der Waals surface area contributed by atoms with Crippen LogP contribution >= 0.6 is 11.3 Å². The predicted octanol–water partition coefficient (Wildman–Crippen LogP) is 4.30. The summed E-state index contributed by atoms with van der Waals surface area (Å²) in [5.41, 5.74) is 4.78. The van der Waals surface area contributed by atoms with Crippen LogP contribution in [0.3, 0.4) is 0 Å². The maximum atomic E-state index is 12.4. The van der Waals surface area contributed by atoms with Crippen LogP contribution in [0.2, 0.25) is 0 Å². The maximum Gasteiger partial charge on any atom is 0.252 e. The van der Waals surface area contributed by atoms with E-state index in [1.54, 1.807) is 11.3 Å². The monoisotopic (exact) mass is 313 g/mol. The van der Waals surface area contributed by atoms with Gasteiger partial charge in [-0.15, -0.1) is 11.3 Å². The van der Waals surface area contributed by atoms with Crippen molar-refractivity contribution in [2.75, 3.05) is 6.54 Å². The Morgan fingerprint density at radius 2 is 1.91 bits per heavy atom. The second-order valence-corrected chi connectivity index (χ2v) is 7.07. The van der Waals surface area contributed by atoms with Crippen LogP contribution in [-0.2, 0) is 19.3 Å². The van der Waals surface area contributed by atoms with Crippen LogP contribution in [0.15, 0.2) is 29.6 Å². The van der Waals surface area contributed by atoms with Gasteiger partial charge in [0.1, 0.15) is 0 Å². The lowest BCUT2D eigenvalue weighted by Gasteiger charge is -2.07. The normalized spacial score (nSPS) is 14.2. The van der Waals surface area contributed by atoms with Crippen molar-refractivity contribution in [1.29, 1.82) is 0 Å². The number of fused-ring (bicyclic) bond motifs is 1. The Hall–Kier alpha value is -1.61. The molecule has 1 amide bonds. The summed E-state index contributed by atoms with van der Waals surface area (Å²) in [6.45, 7) is 2.79. The highest BCUT2D eigenvalue weighted by molar-refractivity contribution is 7.10. The summed E-state index contributed by atoms with van der Waals surface area (Å²) in [7, 11) is 0. The van der Waals surface area contributed by atoms with Crippen molar-refractivity contribution in [2.24, 2.45) is 0 Å². The van der Waals surface area contributed by atoms with Gasteiger partial charge in [0.25, 0.3) is 5.91 Å². The molecule has 1 aliphatic carbocycles. The Bertz CT molecular complexity index is 642. The van der Waals surface area contributed by atoms with E-state index in [1.165, 1.54) is 40.8 Å². The number of benzene rings is 1. The van der Waals surface area contributed by atoms with E-state index in [0.717, 1.165) is 24.8 Å². The summed E-state index contributed by atoms with van der Waals surface area (Å²) < 4.78 is 0. The number of amides is 1. The first-order valence-corrected chi connectivity index (χ1v) is 9.05. The topological polar surface area (TPSA) is 29.1 Å². The number of carbonyl (C=O) groups excluding carboxylic acids is 1. The van der Waals surface area contributed by atoms with E-state index in [-0.39, 0.29) is 5.91 Å². The highest BCUT2D eigenvalue weighted by Crippen LogP contribution is 2.29. The second kappa shape index (κ2) is 7.10. The van der Waals surface area contributed by atoms with Gasteiger partial charge in [-0.05, 0) is 50.2 Å². The van der Waals surface area contributed by atoms with Crippen molar-refractivity contribution in [1.82, 2.24) is 5.32 Å². The van der Waals surface area contributed by atoms with Crippen LogP contribution in [0.5, 0.6) is 0 Å². The molecule has 0 saturated carbocycles. The van der Waals surface area contributed by atoms with Crippen LogP contribution in [0.1, 0.15) is 51.2 Å². The van der Waals surface area contributed by atoms with Crippen LogP contribution in [0.4, 0.5) is 0 Å². The van der Waals surface area contributed by atoms with E-state index in [2.05, 4.69) is 41.9 Å². The number of thiophene rings is 1. The van der Waals surface area contributed by atoms with Crippen molar-refractivity contribution in [3.8, 4) is 0 Å². The summed E-state index contributed by atoms with van der Waals surface area (Å²) in [6, 6.07) is 8.52. The fourth-order valence-corrected chi connectivity index (χ4v) is 4.16. The van der Waals surface area contributed by atoms with Crippen molar-refractivity contribution < 1.29 is 4.79 Å². The fourth-order valence-electron chi connectivity index (χ4n) is 3.03. The molecule has 2 aromatic rings. The zero-order chi connectivity index (χ0) is 15.4. The summed E-state index contributed by atoms with van der Waals surface area (Å²) in [6.07, 6.45) is 6.87. The van der Waals surface area contributed by atoms with Crippen LogP contribution < -0.4 is 5.32 Å². The van der Waals surface area contributed by atoms with Crippen molar-refractivity contribution in [3.63, 3.8) is 0 Å². The maximum absolute atomic E-state index is 12.4. The van der Waals surface area contributed by atoms with E-state index >= 15 is 0 Å². The summed E-state index contributed by atoms with van der Waals surface area (Å²) in [5, 5.41) is 5.14. The number of hydrogen-bond acceptors (Lipinski definition) is 2. The first-order valence-electron chi connectivity index (χ1n) is 8.17. The average Bonchev–Trinajstić information content (AvgIpc) is 2.78. The van der Waals surface area contributed by atoms with Gasteiger partial charge in [0, 0.05) is 16.8 Å². The molecule has 1 aromatic carbocycles. The summed E-state index contributed by atoms with van der Waals surface area (Å²) >= 11 is 1.76. The Morgan fingerprint density at radius 1 is 1.14 bits per heavy atom. The SMILES string of the molecule is Cc1ccc(CCNC(=O)c2csc3c2CCCCC3)cc1. The number of nitrogens with one attached hydrogen (secondary N) is 1. The molecule has 1 heterocycles. The highest BCUT2D eigenvalue weighted by Gasteiger charge is 2.18. The molecule has 22 heavy (non-hydrogen) atoms. The van der Waals surface area contributed by atoms with Gasteiger partial charge in [-0.25, -0.2) is 0 Å². The molecule has 0 atom stereocenters. The predicted molar refractivity (Wildman–Crippen MR) is 92.8 cm³/mol. The average molecular weight is 313 g/mol. The molecule has 1 N–H and O–H groups in total. The second-order valence-electron chi connectivity index (χ2n) is 6.10. The van der Waals surface area contributed by atoms with Crippen LogP contribution in [0.25, 0.3) is 0 Å². The molecule has 0 saturated heterocycles. The standard InChI is InChI=1S/C19H23NOS/c1-14-7-9-15(10-8-14)11-12-20-19(21)17-13-22-18-6-4-2-3-5-16(17)18/h7-10,13H,2-6,11-12H2,1H3,(H,20,21). The third kappa shape index (κ3) is 3.58. The van der Waals surface area contributed by atoms with E-state index in [1.807, 2.05) is 0 Å². The molecule has 2 nitrogen and oxygen atoms in total. The Balaban J connectivity index is 1.58. The molecule has 3 heteroatoms. The Morgan fingerprint density at radius 3 is 2.73 bits per heavy atom. The van der Waals surface area contributed by atoms with Gasteiger partial charge in [0.15, 0.2) is 0 Å². The molecule has 1 aromatic heterocycles. The van der Waals surface area contributed by atoms with E-state index in [4.69, 9.17) is 0 Å². The van der Waals surface area contributed by atoms with Crippen LogP contribution in [0, 0.1) is 6.92 Å². The number of carbonyl (C=O) groups is 1. The molecular weight excluding hydrogens is 290 g/mol. The van der Waals surface area contributed by atoms with Gasteiger partial charge in [0.05, 0.1) is 5.56 Å². The lowest BCUT2D eigenvalue weighted by Crippen LogP contribution is -2.26. The Kier molecular flexibility index (Phi) is 4.94. The van der Waals surface area contributed by atoms with Gasteiger partial charge in [-0.2, -0.15) is 0 Å². The molecule has 0 aliphatic heterocycles. The van der Waals surface area contributed by atoms with Gasteiger partial charge < -0.3 is 5.32 Å². The quantitative estimate of drug-likeness (QED) is 0.838. The van der Waals surface area contributed by atoms with Crippen LogP contribution in [-0.4, -0.2) is 12.5 Å². The van der Waals surface area contributed by atoms with E-state index in [0.29, 0.717) is 6.54 Å². The van der Waals surface area contributed by atoms with E-state index in [9.17, 15) is 4.79 Å². The zero-order valence-electron chi connectivity index (χ0n) is 13.2. The highest BCUT2D eigenvalue weighted by atomic mass is 32.1. The smallest absolute Gasteiger partial charge is 0.252 e. The summed E-state index contributed by atoms with van der Waals surface area (Å²) in [4.78, 5) is 13.9. The first kappa shape index (κ1) is 15.3. The molecule has 116 valence electrons. The molecule has 0 fully saturated rings. The molecule has 0 radical (unpaired) electrons. The van der Waals surface area contributed by atoms with Crippen molar-refractivity contribution >= 4 is 17.2 Å². The number of rotatable bonds is 4. The Labute approximate surface area is 136 Å². The number of aryl methyl sites for hydroxylation is 2. The van der Waals surface area contributed by atoms with Gasteiger partial charge in [0.2, 0.25) is 0 Å². The molecule has 0 spiro atoms. The molecule has 3 rings (SSSR count). The molecular formula is C19H23NOS. The lowest BCUT2D eigenvalue weighted by atomic mass is 10.1. The minimum absolute atomic E-state index is 0.103.